The fraction of sp³-hybridized carbons (Fsp3) is 0.538. The number of nitrogens with two attached hydrogens (primary N) is 1. The molecular weight excluding hydrogens is 219 g/mol. The summed E-state index contributed by atoms with van der Waals surface area (Å²) in [5.74, 6) is -0.192. The first-order chi connectivity index (χ1) is 8.13. The second kappa shape index (κ2) is 5.12. The van der Waals surface area contributed by atoms with E-state index in [2.05, 4.69) is 11.9 Å². The molecule has 0 saturated carbocycles. The molecule has 0 spiro atoms. The summed E-state index contributed by atoms with van der Waals surface area (Å²) in [6.07, 6.45) is 0. The average Bonchev–Trinajstić information content (AvgIpc) is 2.27. The molecule has 1 aliphatic rings. The topological polar surface area (TPSA) is 38.5 Å². The highest BCUT2D eigenvalue weighted by Crippen LogP contribution is 2.27. The Balaban J connectivity index is 1.88. The summed E-state index contributed by atoms with van der Waals surface area (Å²) in [6.45, 7) is 3.87. The minimum absolute atomic E-state index is 0.120. The van der Waals surface area contributed by atoms with Crippen LogP contribution in [0, 0.1) is 11.2 Å². The van der Waals surface area contributed by atoms with Gasteiger partial charge in [0, 0.05) is 25.0 Å². The van der Waals surface area contributed by atoms with Gasteiger partial charge in [-0.1, -0.05) is 12.1 Å². The van der Waals surface area contributed by atoms with Gasteiger partial charge in [0.25, 0.3) is 0 Å². The Hall–Kier alpha value is -0.970. The molecule has 1 heterocycles. The highest BCUT2D eigenvalue weighted by molar-refractivity contribution is 5.15. The molecule has 1 aromatic rings. The van der Waals surface area contributed by atoms with Crippen LogP contribution in [0.3, 0.4) is 0 Å². The van der Waals surface area contributed by atoms with Crippen LogP contribution in [0.4, 0.5) is 4.39 Å². The number of nitrogens with zero attached hydrogens (tertiary/aromatic N) is 1. The van der Waals surface area contributed by atoms with Crippen molar-refractivity contribution in [3.63, 3.8) is 0 Å². The van der Waals surface area contributed by atoms with Gasteiger partial charge in [-0.25, -0.2) is 4.39 Å². The lowest BCUT2D eigenvalue weighted by molar-refractivity contribution is -0.118. The van der Waals surface area contributed by atoms with Crippen LogP contribution in [0.15, 0.2) is 24.3 Å². The van der Waals surface area contributed by atoms with Gasteiger partial charge < -0.3 is 15.4 Å². The molecule has 1 aliphatic heterocycles. The highest BCUT2D eigenvalue weighted by Gasteiger charge is 2.38. The van der Waals surface area contributed by atoms with Crippen molar-refractivity contribution < 1.29 is 9.13 Å². The Morgan fingerprint density at radius 1 is 1.35 bits per heavy atom. The minimum atomic E-state index is -0.192. The van der Waals surface area contributed by atoms with Crippen LogP contribution < -0.4 is 5.73 Å². The Morgan fingerprint density at radius 2 is 2.00 bits per heavy atom. The summed E-state index contributed by atoms with van der Waals surface area (Å²) in [5, 5.41) is 0. The number of hydrogen-bond acceptors (Lipinski definition) is 3. The zero-order valence-corrected chi connectivity index (χ0v) is 10.2. The zero-order chi connectivity index (χ0) is 12.3. The van der Waals surface area contributed by atoms with Crippen LogP contribution in [0.2, 0.25) is 0 Å². The largest absolute Gasteiger partial charge is 0.380 e. The number of rotatable bonds is 5. The minimum Gasteiger partial charge on any atom is -0.380 e. The van der Waals surface area contributed by atoms with Crippen molar-refractivity contribution >= 4 is 0 Å². The van der Waals surface area contributed by atoms with E-state index >= 15 is 0 Å². The SMILES string of the molecule is CN(Cc1ccc(F)cc1)CC1(CN)COC1. The molecule has 94 valence electrons. The molecule has 4 heteroatoms. The molecule has 0 aliphatic carbocycles. The molecule has 17 heavy (non-hydrogen) atoms. The molecule has 1 fully saturated rings. The molecule has 0 amide bonds. The number of ether oxygens (including phenoxy) is 1. The Labute approximate surface area is 101 Å². The van der Waals surface area contributed by atoms with E-state index in [1.165, 1.54) is 12.1 Å². The molecule has 3 nitrogen and oxygen atoms in total. The van der Waals surface area contributed by atoms with Crippen LogP contribution in [0.1, 0.15) is 5.56 Å². The van der Waals surface area contributed by atoms with Gasteiger partial charge in [-0.15, -0.1) is 0 Å². The number of hydrogen-bond donors (Lipinski definition) is 1. The Bertz CT molecular complexity index is 357. The lowest BCUT2D eigenvalue weighted by atomic mass is 9.85. The van der Waals surface area contributed by atoms with Gasteiger partial charge in [0.15, 0.2) is 0 Å². The molecular formula is C13H19FN2O. The summed E-state index contributed by atoms with van der Waals surface area (Å²) < 4.78 is 18.0. The van der Waals surface area contributed by atoms with Crippen molar-refractivity contribution in [3.05, 3.63) is 35.6 Å². The molecule has 0 radical (unpaired) electrons. The normalized spacial score (nSPS) is 18.1. The summed E-state index contributed by atoms with van der Waals surface area (Å²) >= 11 is 0. The molecule has 2 N–H and O–H groups in total. The first-order valence-corrected chi connectivity index (χ1v) is 5.84. The molecule has 0 aromatic heterocycles. The molecule has 0 atom stereocenters. The summed E-state index contributed by atoms with van der Waals surface area (Å²) in [5.41, 5.74) is 7.01. The van der Waals surface area contributed by atoms with Crippen molar-refractivity contribution in [2.75, 3.05) is 33.4 Å². The van der Waals surface area contributed by atoms with Crippen molar-refractivity contribution in [3.8, 4) is 0 Å². The summed E-state index contributed by atoms with van der Waals surface area (Å²) in [7, 11) is 2.05. The van der Waals surface area contributed by atoms with Gasteiger partial charge in [-0.2, -0.15) is 0 Å². The second-order valence-electron chi connectivity index (χ2n) is 5.00. The van der Waals surface area contributed by atoms with Gasteiger partial charge in [-0.05, 0) is 24.7 Å². The third-order valence-corrected chi connectivity index (χ3v) is 3.22. The Kier molecular flexibility index (Phi) is 3.76. The molecule has 0 unspecified atom stereocenters. The third-order valence-electron chi connectivity index (χ3n) is 3.22. The predicted molar refractivity (Wildman–Crippen MR) is 65.0 cm³/mol. The first-order valence-electron chi connectivity index (χ1n) is 5.84. The van der Waals surface area contributed by atoms with E-state index in [0.717, 1.165) is 31.9 Å². The monoisotopic (exact) mass is 238 g/mol. The maximum absolute atomic E-state index is 12.8. The maximum atomic E-state index is 12.8. The second-order valence-corrected chi connectivity index (χ2v) is 5.00. The van der Waals surface area contributed by atoms with E-state index in [0.29, 0.717) is 6.54 Å². The van der Waals surface area contributed by atoms with Crippen LogP contribution in [0.5, 0.6) is 0 Å². The molecule has 0 bridgehead atoms. The van der Waals surface area contributed by atoms with Gasteiger partial charge in [0.2, 0.25) is 0 Å². The predicted octanol–water partition coefficient (Wildman–Crippen LogP) is 1.23. The standard InChI is InChI=1S/C13H19FN2O/c1-16(8-13(7-15)9-17-10-13)6-11-2-4-12(14)5-3-11/h2-5H,6-10,15H2,1H3. The number of benzene rings is 1. The van der Waals surface area contributed by atoms with E-state index < -0.39 is 0 Å². The quantitative estimate of drug-likeness (QED) is 0.838. The van der Waals surface area contributed by atoms with Crippen molar-refractivity contribution in [2.24, 2.45) is 11.1 Å². The third kappa shape index (κ3) is 3.03. The van der Waals surface area contributed by atoms with E-state index in [1.807, 2.05) is 12.1 Å². The van der Waals surface area contributed by atoms with E-state index in [4.69, 9.17) is 10.5 Å². The fourth-order valence-corrected chi connectivity index (χ4v) is 2.19. The molecule has 1 saturated heterocycles. The summed E-state index contributed by atoms with van der Waals surface area (Å²) in [4.78, 5) is 2.21. The molecule has 2 rings (SSSR count). The summed E-state index contributed by atoms with van der Waals surface area (Å²) in [6, 6.07) is 6.62. The van der Waals surface area contributed by atoms with Crippen molar-refractivity contribution in [1.29, 1.82) is 0 Å². The average molecular weight is 238 g/mol. The fourth-order valence-electron chi connectivity index (χ4n) is 2.19. The molecule has 1 aromatic carbocycles. The first kappa shape index (κ1) is 12.5. The smallest absolute Gasteiger partial charge is 0.123 e. The van der Waals surface area contributed by atoms with E-state index in [1.54, 1.807) is 0 Å². The van der Waals surface area contributed by atoms with Gasteiger partial charge in [0.1, 0.15) is 5.82 Å². The van der Waals surface area contributed by atoms with Gasteiger partial charge >= 0.3 is 0 Å². The van der Waals surface area contributed by atoms with E-state index in [-0.39, 0.29) is 11.2 Å². The zero-order valence-electron chi connectivity index (χ0n) is 10.2. The lowest BCUT2D eigenvalue weighted by Crippen LogP contribution is -2.54. The van der Waals surface area contributed by atoms with Crippen LogP contribution >= 0.6 is 0 Å². The van der Waals surface area contributed by atoms with Gasteiger partial charge in [0.05, 0.1) is 13.2 Å². The van der Waals surface area contributed by atoms with Crippen LogP contribution in [0.25, 0.3) is 0 Å². The van der Waals surface area contributed by atoms with Crippen LogP contribution in [-0.2, 0) is 11.3 Å². The van der Waals surface area contributed by atoms with Crippen molar-refractivity contribution in [2.45, 2.75) is 6.54 Å². The lowest BCUT2D eigenvalue weighted by Gasteiger charge is -2.43. The Morgan fingerprint density at radius 3 is 2.47 bits per heavy atom. The maximum Gasteiger partial charge on any atom is 0.123 e. The van der Waals surface area contributed by atoms with E-state index in [9.17, 15) is 4.39 Å². The van der Waals surface area contributed by atoms with Crippen LogP contribution in [-0.4, -0.2) is 38.3 Å². The van der Waals surface area contributed by atoms with Crippen molar-refractivity contribution in [1.82, 2.24) is 4.90 Å². The number of halogens is 1. The van der Waals surface area contributed by atoms with Gasteiger partial charge in [-0.3, -0.25) is 0 Å². The highest BCUT2D eigenvalue weighted by atomic mass is 19.1.